The summed E-state index contributed by atoms with van der Waals surface area (Å²) in [6, 6.07) is 0. The summed E-state index contributed by atoms with van der Waals surface area (Å²) in [5.74, 6) is 0. The summed E-state index contributed by atoms with van der Waals surface area (Å²) in [4.78, 5) is 0. The lowest BCUT2D eigenvalue weighted by molar-refractivity contribution is 0.0584. The molecule has 0 atom stereocenters. The smallest absolute Gasteiger partial charge is 0.0700 e. The molecule has 0 unspecified atom stereocenters. The van der Waals surface area contributed by atoms with Gasteiger partial charge in [0.25, 0.3) is 0 Å². The average Bonchev–Trinajstić information content (AvgIpc) is 2.13. The highest BCUT2D eigenvalue weighted by Gasteiger charge is 1.81. The fraction of sp³-hybridized carbons (Fsp3) is 1.00. The zero-order valence-electron chi connectivity index (χ0n) is 7.95. The van der Waals surface area contributed by atoms with E-state index in [2.05, 4.69) is 0 Å². The Morgan fingerprint density at radius 1 is 0.833 bits per heavy atom. The summed E-state index contributed by atoms with van der Waals surface area (Å²) in [5.41, 5.74) is 0. The molecule has 0 aliphatic carbocycles. The van der Waals surface area contributed by atoms with E-state index in [9.17, 15) is 0 Å². The summed E-state index contributed by atoms with van der Waals surface area (Å²) in [5, 5.41) is 15.2. The second-order valence-electron chi connectivity index (χ2n) is 1.84. The number of hydrogen-bond acceptors (Lipinski definition) is 4. The maximum absolute atomic E-state index is 7.62. The van der Waals surface area contributed by atoms with Crippen LogP contribution in [0.1, 0.15) is 13.8 Å². The molecule has 0 bridgehead atoms. The van der Waals surface area contributed by atoms with Crippen molar-refractivity contribution in [2.45, 2.75) is 13.8 Å². The normalized spacial score (nSPS) is 9.00. The van der Waals surface area contributed by atoms with Crippen molar-refractivity contribution in [3.05, 3.63) is 0 Å². The Morgan fingerprint density at radius 3 is 1.33 bits per heavy atom. The van der Waals surface area contributed by atoms with Gasteiger partial charge in [0.15, 0.2) is 0 Å². The van der Waals surface area contributed by atoms with Crippen LogP contribution in [0.4, 0.5) is 0 Å². The van der Waals surface area contributed by atoms with E-state index < -0.39 is 0 Å². The van der Waals surface area contributed by atoms with Crippen LogP contribution in [0, 0.1) is 0 Å². The SMILES string of the molecule is CCOCCOCC.OCCO. The molecule has 76 valence electrons. The van der Waals surface area contributed by atoms with E-state index >= 15 is 0 Å². The zero-order valence-corrected chi connectivity index (χ0v) is 7.95. The molecule has 0 aromatic carbocycles. The molecule has 0 aliphatic heterocycles. The molecule has 4 nitrogen and oxygen atoms in total. The van der Waals surface area contributed by atoms with Crippen molar-refractivity contribution >= 4 is 0 Å². The summed E-state index contributed by atoms with van der Waals surface area (Å²) >= 11 is 0. The highest BCUT2D eigenvalue weighted by atomic mass is 16.5. The van der Waals surface area contributed by atoms with Gasteiger partial charge in [-0.05, 0) is 13.8 Å². The zero-order chi connectivity index (χ0) is 9.66. The standard InChI is InChI=1S/C6H14O2.C2H6O2/c1-3-7-5-6-8-4-2;3-1-2-4/h3-6H2,1-2H3;3-4H,1-2H2. The quantitative estimate of drug-likeness (QED) is 0.566. The topological polar surface area (TPSA) is 58.9 Å². The fourth-order valence-electron chi connectivity index (χ4n) is 0.407. The molecule has 0 rings (SSSR count). The first-order valence-corrected chi connectivity index (χ1v) is 4.20. The van der Waals surface area contributed by atoms with Gasteiger partial charge >= 0.3 is 0 Å². The van der Waals surface area contributed by atoms with Crippen molar-refractivity contribution < 1.29 is 19.7 Å². The molecule has 0 spiro atoms. The molecule has 0 saturated heterocycles. The summed E-state index contributed by atoms with van der Waals surface area (Å²) in [7, 11) is 0. The van der Waals surface area contributed by atoms with Crippen LogP contribution in [-0.4, -0.2) is 49.9 Å². The fourth-order valence-corrected chi connectivity index (χ4v) is 0.407. The van der Waals surface area contributed by atoms with E-state index in [-0.39, 0.29) is 13.2 Å². The Hall–Kier alpha value is -0.160. The van der Waals surface area contributed by atoms with Crippen LogP contribution in [0.2, 0.25) is 0 Å². The minimum atomic E-state index is -0.125. The molecule has 0 heterocycles. The minimum absolute atomic E-state index is 0.125. The lowest BCUT2D eigenvalue weighted by Gasteiger charge is -1.99. The molecular weight excluding hydrogens is 160 g/mol. The second kappa shape index (κ2) is 17.1. The third-order valence-corrected chi connectivity index (χ3v) is 0.880. The number of ether oxygens (including phenoxy) is 2. The van der Waals surface area contributed by atoms with E-state index in [1.54, 1.807) is 0 Å². The lowest BCUT2D eigenvalue weighted by atomic mass is 10.7. The van der Waals surface area contributed by atoms with Gasteiger partial charge in [-0.25, -0.2) is 0 Å². The molecule has 4 heteroatoms. The summed E-state index contributed by atoms with van der Waals surface area (Å²) in [6.07, 6.45) is 0. The molecule has 0 fully saturated rings. The van der Waals surface area contributed by atoms with Crippen molar-refractivity contribution in [3.63, 3.8) is 0 Å². The highest BCUT2D eigenvalue weighted by molar-refractivity contribution is 4.24. The number of hydrogen-bond donors (Lipinski definition) is 2. The molecular formula is C8H20O4. The largest absolute Gasteiger partial charge is 0.394 e. The molecule has 2 N–H and O–H groups in total. The van der Waals surface area contributed by atoms with Crippen LogP contribution < -0.4 is 0 Å². The molecule has 0 aliphatic rings. The Balaban J connectivity index is 0. The van der Waals surface area contributed by atoms with Crippen molar-refractivity contribution in [3.8, 4) is 0 Å². The number of aliphatic hydroxyl groups excluding tert-OH is 2. The predicted octanol–water partition coefficient (Wildman–Crippen LogP) is 0.0304. The maximum atomic E-state index is 7.62. The van der Waals surface area contributed by atoms with Gasteiger partial charge in [0.2, 0.25) is 0 Å². The van der Waals surface area contributed by atoms with Gasteiger partial charge in [-0.15, -0.1) is 0 Å². The highest BCUT2D eigenvalue weighted by Crippen LogP contribution is 1.75. The van der Waals surface area contributed by atoms with E-state index in [1.807, 2.05) is 13.8 Å². The van der Waals surface area contributed by atoms with E-state index in [0.29, 0.717) is 0 Å². The number of aliphatic hydroxyl groups is 2. The molecule has 12 heavy (non-hydrogen) atoms. The molecule has 0 amide bonds. The minimum Gasteiger partial charge on any atom is -0.394 e. The summed E-state index contributed by atoms with van der Waals surface area (Å²) in [6.45, 7) is 6.73. The van der Waals surface area contributed by atoms with E-state index in [0.717, 1.165) is 26.4 Å². The van der Waals surface area contributed by atoms with Crippen LogP contribution in [0.3, 0.4) is 0 Å². The van der Waals surface area contributed by atoms with Gasteiger partial charge in [0.1, 0.15) is 0 Å². The number of rotatable bonds is 6. The first-order valence-electron chi connectivity index (χ1n) is 4.20. The van der Waals surface area contributed by atoms with Crippen LogP contribution in [-0.2, 0) is 9.47 Å². The van der Waals surface area contributed by atoms with Crippen molar-refractivity contribution in [1.82, 2.24) is 0 Å². The van der Waals surface area contributed by atoms with Crippen LogP contribution in [0.25, 0.3) is 0 Å². The van der Waals surface area contributed by atoms with Crippen molar-refractivity contribution in [2.75, 3.05) is 39.6 Å². The Kier molecular flexibility index (Phi) is 20.4. The third-order valence-electron chi connectivity index (χ3n) is 0.880. The van der Waals surface area contributed by atoms with Crippen molar-refractivity contribution in [2.24, 2.45) is 0 Å². The Bertz CT molecular complexity index is 51.0. The van der Waals surface area contributed by atoms with E-state index in [4.69, 9.17) is 19.7 Å². The van der Waals surface area contributed by atoms with Crippen molar-refractivity contribution in [1.29, 1.82) is 0 Å². The first-order chi connectivity index (χ1) is 5.83. The second-order valence-corrected chi connectivity index (χ2v) is 1.84. The van der Waals surface area contributed by atoms with Gasteiger partial charge in [0, 0.05) is 13.2 Å². The van der Waals surface area contributed by atoms with Crippen LogP contribution >= 0.6 is 0 Å². The lowest BCUT2D eigenvalue weighted by Crippen LogP contribution is -2.02. The predicted molar refractivity (Wildman–Crippen MR) is 47.2 cm³/mol. The maximum Gasteiger partial charge on any atom is 0.0700 e. The van der Waals surface area contributed by atoms with Gasteiger partial charge in [-0.3, -0.25) is 0 Å². The van der Waals surface area contributed by atoms with Gasteiger partial charge in [-0.2, -0.15) is 0 Å². The van der Waals surface area contributed by atoms with Gasteiger partial charge in [-0.1, -0.05) is 0 Å². The first kappa shape index (κ1) is 14.4. The van der Waals surface area contributed by atoms with Crippen LogP contribution in [0.15, 0.2) is 0 Å². The van der Waals surface area contributed by atoms with Gasteiger partial charge in [0.05, 0.1) is 26.4 Å². The average molecular weight is 180 g/mol. The Labute approximate surface area is 74.1 Å². The van der Waals surface area contributed by atoms with Gasteiger partial charge < -0.3 is 19.7 Å². The van der Waals surface area contributed by atoms with E-state index in [1.165, 1.54) is 0 Å². The Morgan fingerprint density at radius 2 is 1.17 bits per heavy atom. The molecule has 0 radical (unpaired) electrons. The molecule has 0 aromatic heterocycles. The molecule has 0 aromatic rings. The molecule has 0 saturated carbocycles. The summed E-state index contributed by atoms with van der Waals surface area (Å²) < 4.78 is 10.0. The third kappa shape index (κ3) is 22.5. The monoisotopic (exact) mass is 180 g/mol. The van der Waals surface area contributed by atoms with Crippen LogP contribution in [0.5, 0.6) is 0 Å².